The summed E-state index contributed by atoms with van der Waals surface area (Å²) in [5, 5.41) is 0. The molecular formula is C16H20O3. The number of rotatable bonds is 4. The number of carbonyl (C=O) groups excluding carboxylic acids is 1. The average Bonchev–Trinajstić information content (AvgIpc) is 2.43. The summed E-state index contributed by atoms with van der Waals surface area (Å²) in [4.78, 5) is 12.0. The molecule has 0 heterocycles. The van der Waals surface area contributed by atoms with Crippen LogP contribution in [0, 0.1) is 5.92 Å². The topological polar surface area (TPSA) is 35.5 Å². The van der Waals surface area contributed by atoms with E-state index in [1.807, 2.05) is 30.3 Å². The van der Waals surface area contributed by atoms with E-state index < -0.39 is 0 Å². The summed E-state index contributed by atoms with van der Waals surface area (Å²) < 4.78 is 10.5. The van der Waals surface area contributed by atoms with Crippen molar-refractivity contribution in [3.8, 4) is 5.75 Å². The highest BCUT2D eigenvalue weighted by Gasteiger charge is 2.23. The third-order valence-corrected chi connectivity index (χ3v) is 3.52. The number of para-hydroxylation sites is 1. The van der Waals surface area contributed by atoms with Crippen LogP contribution in [0.2, 0.25) is 0 Å². The molecule has 1 fully saturated rings. The van der Waals surface area contributed by atoms with E-state index in [0.717, 1.165) is 36.3 Å². The van der Waals surface area contributed by atoms with E-state index in [2.05, 4.69) is 0 Å². The maximum Gasteiger partial charge on any atom is 0.158 e. The van der Waals surface area contributed by atoms with Gasteiger partial charge in [-0.15, -0.1) is 0 Å². The molecule has 3 nitrogen and oxygen atoms in total. The van der Waals surface area contributed by atoms with Crippen LogP contribution in [0.5, 0.6) is 5.75 Å². The number of carbonyl (C=O) groups is 1. The summed E-state index contributed by atoms with van der Waals surface area (Å²) in [5.41, 5.74) is 1.85. The van der Waals surface area contributed by atoms with Gasteiger partial charge in [0.15, 0.2) is 5.78 Å². The van der Waals surface area contributed by atoms with Crippen LogP contribution in [0.4, 0.5) is 0 Å². The van der Waals surface area contributed by atoms with Gasteiger partial charge in [0.1, 0.15) is 5.75 Å². The van der Waals surface area contributed by atoms with E-state index in [-0.39, 0.29) is 5.78 Å². The monoisotopic (exact) mass is 260 g/mol. The second-order valence-corrected chi connectivity index (χ2v) is 4.90. The van der Waals surface area contributed by atoms with Crippen LogP contribution in [0.25, 0.3) is 6.08 Å². The Kier molecular flexibility index (Phi) is 4.74. The van der Waals surface area contributed by atoms with Gasteiger partial charge in [-0.1, -0.05) is 18.2 Å². The molecule has 19 heavy (non-hydrogen) atoms. The van der Waals surface area contributed by atoms with Crippen LogP contribution in [-0.4, -0.2) is 26.6 Å². The van der Waals surface area contributed by atoms with Crippen LogP contribution >= 0.6 is 0 Å². The molecule has 1 unspecified atom stereocenters. The Morgan fingerprint density at radius 1 is 1.32 bits per heavy atom. The minimum Gasteiger partial charge on any atom is -0.496 e. The highest BCUT2D eigenvalue weighted by atomic mass is 16.5. The summed E-state index contributed by atoms with van der Waals surface area (Å²) in [5.74, 6) is 1.50. The lowest BCUT2D eigenvalue weighted by molar-refractivity contribution is -0.117. The SMILES string of the molecule is COCC1CCC(=O)/C(=C\c2ccccc2OC)C1. The van der Waals surface area contributed by atoms with E-state index in [9.17, 15) is 4.79 Å². The molecule has 0 bridgehead atoms. The van der Waals surface area contributed by atoms with Crippen molar-refractivity contribution in [3.63, 3.8) is 0 Å². The van der Waals surface area contributed by atoms with Crippen molar-refractivity contribution in [2.75, 3.05) is 20.8 Å². The summed E-state index contributed by atoms with van der Waals surface area (Å²) in [7, 11) is 3.35. The quantitative estimate of drug-likeness (QED) is 0.780. The predicted octanol–water partition coefficient (Wildman–Crippen LogP) is 3.09. The third kappa shape index (κ3) is 3.44. The molecule has 1 aliphatic carbocycles. The van der Waals surface area contributed by atoms with E-state index >= 15 is 0 Å². The summed E-state index contributed by atoms with van der Waals surface area (Å²) in [6.45, 7) is 0.719. The zero-order valence-corrected chi connectivity index (χ0v) is 11.5. The number of ketones is 1. The fourth-order valence-corrected chi connectivity index (χ4v) is 2.51. The molecule has 1 atom stereocenters. The van der Waals surface area contributed by atoms with Crippen molar-refractivity contribution < 1.29 is 14.3 Å². The van der Waals surface area contributed by atoms with E-state index in [1.54, 1.807) is 14.2 Å². The Balaban J connectivity index is 2.22. The lowest BCUT2D eigenvalue weighted by Crippen LogP contribution is -2.20. The number of hydrogen-bond donors (Lipinski definition) is 0. The average molecular weight is 260 g/mol. The second kappa shape index (κ2) is 6.53. The van der Waals surface area contributed by atoms with Gasteiger partial charge in [0.25, 0.3) is 0 Å². The lowest BCUT2D eigenvalue weighted by atomic mass is 9.84. The summed E-state index contributed by atoms with van der Waals surface area (Å²) >= 11 is 0. The third-order valence-electron chi connectivity index (χ3n) is 3.52. The number of allylic oxidation sites excluding steroid dienone is 1. The van der Waals surface area contributed by atoms with Gasteiger partial charge >= 0.3 is 0 Å². The first-order valence-corrected chi connectivity index (χ1v) is 6.60. The molecule has 0 N–H and O–H groups in total. The molecule has 0 aromatic heterocycles. The van der Waals surface area contributed by atoms with Crippen molar-refractivity contribution in [3.05, 3.63) is 35.4 Å². The first-order chi connectivity index (χ1) is 9.24. The van der Waals surface area contributed by atoms with Crippen molar-refractivity contribution in [1.82, 2.24) is 0 Å². The number of benzene rings is 1. The molecule has 0 saturated heterocycles. The largest absolute Gasteiger partial charge is 0.496 e. The van der Waals surface area contributed by atoms with Gasteiger partial charge in [-0.2, -0.15) is 0 Å². The first-order valence-electron chi connectivity index (χ1n) is 6.60. The van der Waals surface area contributed by atoms with Gasteiger partial charge in [-0.3, -0.25) is 4.79 Å². The second-order valence-electron chi connectivity index (χ2n) is 4.90. The van der Waals surface area contributed by atoms with Gasteiger partial charge in [-0.25, -0.2) is 0 Å². The highest BCUT2D eigenvalue weighted by Crippen LogP contribution is 2.29. The minimum atomic E-state index is 0.248. The predicted molar refractivity (Wildman–Crippen MR) is 75.2 cm³/mol. The van der Waals surface area contributed by atoms with Gasteiger partial charge in [0.2, 0.25) is 0 Å². The maximum atomic E-state index is 12.0. The minimum absolute atomic E-state index is 0.248. The molecule has 0 spiro atoms. The normalized spacial score (nSPS) is 21.7. The maximum absolute atomic E-state index is 12.0. The number of methoxy groups -OCH3 is 2. The van der Waals surface area contributed by atoms with E-state index in [0.29, 0.717) is 12.3 Å². The van der Waals surface area contributed by atoms with Crippen LogP contribution in [0.1, 0.15) is 24.8 Å². The Morgan fingerprint density at radius 2 is 2.11 bits per heavy atom. The van der Waals surface area contributed by atoms with E-state index in [4.69, 9.17) is 9.47 Å². The van der Waals surface area contributed by atoms with E-state index in [1.165, 1.54) is 0 Å². The Labute approximate surface area is 114 Å². The van der Waals surface area contributed by atoms with Crippen molar-refractivity contribution >= 4 is 11.9 Å². The molecule has 2 rings (SSSR count). The Bertz CT molecular complexity index is 477. The molecule has 0 amide bonds. The smallest absolute Gasteiger partial charge is 0.158 e. The lowest BCUT2D eigenvalue weighted by Gasteiger charge is -2.22. The molecular weight excluding hydrogens is 240 g/mol. The van der Waals surface area contributed by atoms with Crippen LogP contribution in [-0.2, 0) is 9.53 Å². The molecule has 1 saturated carbocycles. The Morgan fingerprint density at radius 3 is 2.84 bits per heavy atom. The highest BCUT2D eigenvalue weighted by molar-refractivity contribution is 6.00. The van der Waals surface area contributed by atoms with Crippen LogP contribution in [0.15, 0.2) is 29.8 Å². The van der Waals surface area contributed by atoms with Gasteiger partial charge in [0, 0.05) is 25.7 Å². The molecule has 1 aromatic carbocycles. The molecule has 1 aromatic rings. The summed E-state index contributed by atoms with van der Waals surface area (Å²) in [6, 6.07) is 7.76. The molecule has 0 radical (unpaired) electrons. The van der Waals surface area contributed by atoms with Gasteiger partial charge in [-0.05, 0) is 36.5 Å². The van der Waals surface area contributed by atoms with Gasteiger partial charge in [0.05, 0.1) is 7.11 Å². The fraction of sp³-hybridized carbons (Fsp3) is 0.438. The zero-order valence-electron chi connectivity index (χ0n) is 11.5. The van der Waals surface area contributed by atoms with Crippen LogP contribution < -0.4 is 4.74 Å². The first kappa shape index (κ1) is 13.8. The van der Waals surface area contributed by atoms with Crippen molar-refractivity contribution in [1.29, 1.82) is 0 Å². The summed E-state index contributed by atoms with van der Waals surface area (Å²) in [6.07, 6.45) is 4.30. The fourth-order valence-electron chi connectivity index (χ4n) is 2.51. The van der Waals surface area contributed by atoms with Crippen molar-refractivity contribution in [2.45, 2.75) is 19.3 Å². The number of Topliss-reactive ketones (excluding diaryl/α,β-unsaturated/α-hetero) is 1. The zero-order chi connectivity index (χ0) is 13.7. The van der Waals surface area contributed by atoms with Crippen LogP contribution in [0.3, 0.4) is 0 Å². The Hall–Kier alpha value is -1.61. The standard InChI is InChI=1S/C16H20O3/c1-18-11-12-7-8-15(17)14(9-12)10-13-5-3-4-6-16(13)19-2/h3-6,10,12H,7-9,11H2,1-2H3/b14-10-. The molecule has 1 aliphatic rings. The number of ether oxygens (including phenoxy) is 2. The molecule has 0 aliphatic heterocycles. The number of hydrogen-bond acceptors (Lipinski definition) is 3. The van der Waals surface area contributed by atoms with Gasteiger partial charge < -0.3 is 9.47 Å². The van der Waals surface area contributed by atoms with Crippen molar-refractivity contribution in [2.24, 2.45) is 5.92 Å². The molecule has 102 valence electrons. The molecule has 3 heteroatoms.